The van der Waals surface area contributed by atoms with Gasteiger partial charge in [0.1, 0.15) is 5.25 Å². The van der Waals surface area contributed by atoms with Crippen LogP contribution in [0, 0.1) is 0 Å². The number of aryl methyl sites for hydroxylation is 1. The standard InChI is InChI=1S/C7H12F3N5S/c1-3-4(11)5(7(8,9)10)16-6-12-13-14-15(6)2/h4-5H,3,11H2,1-2H3. The molecule has 0 radical (unpaired) electrons. The Labute approximate surface area is 94.6 Å². The molecule has 0 aliphatic rings. The lowest BCUT2D eigenvalue weighted by molar-refractivity contribution is -0.132. The first-order chi connectivity index (χ1) is 7.36. The van der Waals surface area contributed by atoms with E-state index in [1.165, 1.54) is 11.7 Å². The van der Waals surface area contributed by atoms with E-state index in [-0.39, 0.29) is 11.6 Å². The molecular formula is C7H12F3N5S. The Morgan fingerprint density at radius 2 is 2.12 bits per heavy atom. The normalized spacial score (nSPS) is 16.1. The topological polar surface area (TPSA) is 69.6 Å². The summed E-state index contributed by atoms with van der Waals surface area (Å²) in [7, 11) is 1.48. The molecule has 16 heavy (non-hydrogen) atoms. The van der Waals surface area contributed by atoms with Gasteiger partial charge in [0.2, 0.25) is 5.16 Å². The van der Waals surface area contributed by atoms with Gasteiger partial charge in [0.25, 0.3) is 0 Å². The predicted molar refractivity (Wildman–Crippen MR) is 52.8 cm³/mol. The quantitative estimate of drug-likeness (QED) is 0.812. The van der Waals surface area contributed by atoms with Gasteiger partial charge < -0.3 is 5.73 Å². The second kappa shape index (κ2) is 5.00. The van der Waals surface area contributed by atoms with Crippen molar-refractivity contribution in [2.45, 2.75) is 36.0 Å². The third kappa shape index (κ3) is 3.08. The molecule has 2 unspecified atom stereocenters. The first-order valence-electron chi connectivity index (χ1n) is 4.57. The number of aromatic nitrogens is 4. The van der Waals surface area contributed by atoms with E-state index in [0.29, 0.717) is 11.8 Å². The molecule has 9 heteroatoms. The Bertz CT molecular complexity index is 339. The van der Waals surface area contributed by atoms with Crippen molar-refractivity contribution in [1.29, 1.82) is 0 Å². The number of hydrogen-bond acceptors (Lipinski definition) is 5. The van der Waals surface area contributed by atoms with Crippen molar-refractivity contribution in [2.75, 3.05) is 0 Å². The SMILES string of the molecule is CCC(N)C(Sc1nnnn1C)C(F)(F)F. The molecule has 2 atom stereocenters. The first-order valence-corrected chi connectivity index (χ1v) is 5.45. The van der Waals surface area contributed by atoms with Gasteiger partial charge in [-0.05, 0) is 16.8 Å². The second-order valence-corrected chi connectivity index (χ2v) is 4.35. The highest BCUT2D eigenvalue weighted by atomic mass is 32.2. The van der Waals surface area contributed by atoms with E-state index in [1.54, 1.807) is 6.92 Å². The van der Waals surface area contributed by atoms with Crippen molar-refractivity contribution < 1.29 is 13.2 Å². The Morgan fingerprint density at radius 3 is 2.50 bits per heavy atom. The van der Waals surface area contributed by atoms with Gasteiger partial charge in [-0.1, -0.05) is 18.7 Å². The lowest BCUT2D eigenvalue weighted by Crippen LogP contribution is -2.42. The molecule has 0 aromatic carbocycles. The second-order valence-electron chi connectivity index (χ2n) is 3.24. The molecule has 0 aliphatic carbocycles. The zero-order valence-electron chi connectivity index (χ0n) is 8.77. The summed E-state index contributed by atoms with van der Waals surface area (Å²) in [5.74, 6) is 0. The Morgan fingerprint density at radius 1 is 1.50 bits per heavy atom. The highest BCUT2D eigenvalue weighted by Gasteiger charge is 2.44. The van der Waals surface area contributed by atoms with E-state index in [9.17, 15) is 13.2 Å². The molecule has 0 saturated heterocycles. The van der Waals surface area contributed by atoms with Crippen LogP contribution < -0.4 is 5.73 Å². The number of alkyl halides is 3. The minimum absolute atomic E-state index is 0.103. The minimum Gasteiger partial charge on any atom is -0.326 e. The Balaban J connectivity index is 2.84. The molecule has 0 bridgehead atoms. The number of rotatable bonds is 4. The van der Waals surface area contributed by atoms with Crippen molar-refractivity contribution in [2.24, 2.45) is 12.8 Å². The van der Waals surface area contributed by atoms with Crippen LogP contribution in [0.25, 0.3) is 0 Å². The van der Waals surface area contributed by atoms with Gasteiger partial charge in [0, 0.05) is 13.1 Å². The maximum atomic E-state index is 12.7. The highest BCUT2D eigenvalue weighted by molar-refractivity contribution is 7.99. The Kier molecular flexibility index (Phi) is 4.14. The first kappa shape index (κ1) is 13.2. The predicted octanol–water partition coefficient (Wildman–Crippen LogP) is 0.970. The van der Waals surface area contributed by atoms with Crippen molar-refractivity contribution in [3.63, 3.8) is 0 Å². The van der Waals surface area contributed by atoms with Gasteiger partial charge >= 0.3 is 6.18 Å². The van der Waals surface area contributed by atoms with Gasteiger partial charge in [-0.15, -0.1) is 5.10 Å². The third-order valence-corrected chi connectivity index (χ3v) is 3.42. The Hall–Kier alpha value is -0.830. The number of nitrogens with two attached hydrogens (primary N) is 1. The molecule has 1 aromatic rings. The van der Waals surface area contributed by atoms with Crippen LogP contribution in [0.5, 0.6) is 0 Å². The van der Waals surface area contributed by atoms with Crippen LogP contribution in [0.3, 0.4) is 0 Å². The van der Waals surface area contributed by atoms with E-state index in [4.69, 9.17) is 5.73 Å². The number of hydrogen-bond donors (Lipinski definition) is 1. The molecule has 0 saturated carbocycles. The van der Waals surface area contributed by atoms with Crippen molar-refractivity contribution in [1.82, 2.24) is 20.2 Å². The summed E-state index contributed by atoms with van der Waals surface area (Å²) in [4.78, 5) is 0. The molecule has 5 nitrogen and oxygen atoms in total. The average Bonchev–Trinajstić information content (AvgIpc) is 2.57. The fraction of sp³-hybridized carbons (Fsp3) is 0.857. The molecule has 1 aromatic heterocycles. The monoisotopic (exact) mass is 255 g/mol. The van der Waals surface area contributed by atoms with Gasteiger partial charge in [0.15, 0.2) is 0 Å². The number of nitrogens with zero attached hydrogens (tertiary/aromatic N) is 4. The van der Waals surface area contributed by atoms with Crippen molar-refractivity contribution in [3.05, 3.63) is 0 Å². The molecule has 0 spiro atoms. The summed E-state index contributed by atoms with van der Waals surface area (Å²) in [6, 6.07) is -0.971. The van der Waals surface area contributed by atoms with Crippen LogP contribution in [-0.4, -0.2) is 37.7 Å². The van der Waals surface area contributed by atoms with Crippen molar-refractivity contribution in [3.8, 4) is 0 Å². The highest BCUT2D eigenvalue weighted by Crippen LogP contribution is 2.36. The maximum absolute atomic E-state index is 12.7. The molecule has 0 fully saturated rings. The average molecular weight is 255 g/mol. The molecule has 0 amide bonds. The molecule has 92 valence electrons. The van der Waals surface area contributed by atoms with E-state index in [0.717, 1.165) is 0 Å². The van der Waals surface area contributed by atoms with Gasteiger partial charge in [-0.2, -0.15) is 13.2 Å². The van der Waals surface area contributed by atoms with Crippen molar-refractivity contribution >= 4 is 11.8 Å². The summed E-state index contributed by atoms with van der Waals surface area (Å²) in [5.41, 5.74) is 5.45. The lowest BCUT2D eigenvalue weighted by Gasteiger charge is -2.23. The van der Waals surface area contributed by atoms with E-state index < -0.39 is 17.5 Å². The smallest absolute Gasteiger partial charge is 0.326 e. The molecule has 2 N–H and O–H groups in total. The summed E-state index contributed by atoms with van der Waals surface area (Å²) in [5, 5.41) is 8.65. The minimum atomic E-state index is -4.37. The fourth-order valence-electron chi connectivity index (χ4n) is 1.05. The number of tetrazole rings is 1. The largest absolute Gasteiger partial charge is 0.402 e. The van der Waals surface area contributed by atoms with E-state index >= 15 is 0 Å². The zero-order valence-corrected chi connectivity index (χ0v) is 9.59. The van der Waals surface area contributed by atoms with Crippen LogP contribution in [0.2, 0.25) is 0 Å². The molecular weight excluding hydrogens is 243 g/mol. The molecule has 0 aliphatic heterocycles. The van der Waals surface area contributed by atoms with Crippen LogP contribution in [0.1, 0.15) is 13.3 Å². The van der Waals surface area contributed by atoms with E-state index in [1.807, 2.05) is 0 Å². The zero-order chi connectivity index (χ0) is 12.3. The lowest BCUT2D eigenvalue weighted by atomic mass is 10.1. The molecule has 1 rings (SSSR count). The van der Waals surface area contributed by atoms with Gasteiger partial charge in [0.05, 0.1) is 0 Å². The summed E-state index contributed by atoms with van der Waals surface area (Å²) in [6.45, 7) is 1.61. The molecule has 1 heterocycles. The summed E-state index contributed by atoms with van der Waals surface area (Å²) >= 11 is 0.538. The van der Waals surface area contributed by atoms with Crippen LogP contribution in [0.4, 0.5) is 13.2 Å². The van der Waals surface area contributed by atoms with Crippen LogP contribution in [0.15, 0.2) is 5.16 Å². The number of thioether (sulfide) groups is 1. The third-order valence-electron chi connectivity index (χ3n) is 2.00. The van der Waals surface area contributed by atoms with Crippen LogP contribution in [-0.2, 0) is 7.05 Å². The maximum Gasteiger partial charge on any atom is 0.402 e. The van der Waals surface area contributed by atoms with E-state index in [2.05, 4.69) is 15.5 Å². The fourth-order valence-corrected chi connectivity index (χ4v) is 2.05. The number of halogens is 3. The van der Waals surface area contributed by atoms with Crippen LogP contribution >= 0.6 is 11.8 Å². The van der Waals surface area contributed by atoms with Gasteiger partial charge in [-0.3, -0.25) is 0 Å². The summed E-state index contributed by atoms with van der Waals surface area (Å²) in [6.07, 6.45) is -4.13. The van der Waals surface area contributed by atoms with Gasteiger partial charge in [-0.25, -0.2) is 4.68 Å². The summed E-state index contributed by atoms with van der Waals surface area (Å²) < 4.78 is 39.3.